The minimum absolute atomic E-state index is 0.0334. The van der Waals surface area contributed by atoms with E-state index >= 15 is 0 Å². The zero-order valence-electron chi connectivity index (χ0n) is 14.4. The van der Waals surface area contributed by atoms with Crippen LogP contribution in [0.3, 0.4) is 0 Å². The highest BCUT2D eigenvalue weighted by Crippen LogP contribution is 2.31. The summed E-state index contributed by atoms with van der Waals surface area (Å²) in [6.45, 7) is 5.04. The summed E-state index contributed by atoms with van der Waals surface area (Å²) in [4.78, 5) is 27.2. The summed E-state index contributed by atoms with van der Waals surface area (Å²) in [7, 11) is 0. The van der Waals surface area contributed by atoms with Gasteiger partial charge in [-0.1, -0.05) is 12.1 Å². The number of imidazole rings is 1. The van der Waals surface area contributed by atoms with Crippen molar-refractivity contribution in [3.63, 3.8) is 0 Å². The minimum Gasteiger partial charge on any atom is -0.347 e. The lowest BCUT2D eigenvalue weighted by atomic mass is 10.0. The first-order chi connectivity index (χ1) is 12.1. The number of carbonyl (C=O) groups excluding carboxylic acids is 1. The molecule has 1 spiro atoms. The third kappa shape index (κ3) is 2.77. The Morgan fingerprint density at radius 3 is 2.28 bits per heavy atom. The molecule has 2 aliphatic rings. The van der Waals surface area contributed by atoms with Crippen LogP contribution in [0.4, 0.5) is 0 Å². The van der Waals surface area contributed by atoms with Crippen LogP contribution < -0.4 is 5.69 Å². The Morgan fingerprint density at radius 1 is 1.08 bits per heavy atom. The molecule has 1 aromatic carbocycles. The van der Waals surface area contributed by atoms with Crippen LogP contribution >= 0.6 is 0 Å². The molecule has 7 heteroatoms. The third-order valence-corrected chi connectivity index (χ3v) is 5.23. The summed E-state index contributed by atoms with van der Waals surface area (Å²) in [5, 5.41) is 0. The van der Waals surface area contributed by atoms with E-state index in [9.17, 15) is 9.59 Å². The number of ether oxygens (including phenoxy) is 2. The van der Waals surface area contributed by atoms with Crippen molar-refractivity contribution in [3.05, 3.63) is 34.7 Å². The van der Waals surface area contributed by atoms with Gasteiger partial charge in [0.2, 0.25) is 5.91 Å². The first-order valence-electron chi connectivity index (χ1n) is 8.87. The topological polar surface area (TPSA) is 65.7 Å². The smallest absolute Gasteiger partial charge is 0.329 e. The lowest BCUT2D eigenvalue weighted by Crippen LogP contribution is -2.48. The molecule has 2 saturated heterocycles. The average Bonchev–Trinajstić information content (AvgIpc) is 3.19. The quantitative estimate of drug-likeness (QED) is 0.838. The predicted octanol–water partition coefficient (Wildman–Crippen LogP) is 1.19. The van der Waals surface area contributed by atoms with Gasteiger partial charge in [-0.05, 0) is 19.1 Å². The second-order valence-corrected chi connectivity index (χ2v) is 6.59. The van der Waals surface area contributed by atoms with Gasteiger partial charge in [0, 0.05) is 32.5 Å². The van der Waals surface area contributed by atoms with Gasteiger partial charge >= 0.3 is 5.69 Å². The summed E-state index contributed by atoms with van der Waals surface area (Å²) in [6, 6.07) is 7.61. The Morgan fingerprint density at radius 2 is 1.68 bits per heavy atom. The Balaban J connectivity index is 1.53. The van der Waals surface area contributed by atoms with E-state index in [-0.39, 0.29) is 18.1 Å². The number of benzene rings is 1. The number of nitrogens with zero attached hydrogens (tertiary/aromatic N) is 3. The van der Waals surface area contributed by atoms with E-state index in [0.717, 1.165) is 11.0 Å². The SMILES string of the molecule is CCn1c(=O)n(CC(=O)N2CCC3(CC2)OCCO3)c2ccccc21. The molecule has 0 radical (unpaired) electrons. The van der Waals surface area contributed by atoms with E-state index in [0.29, 0.717) is 45.7 Å². The number of amides is 1. The lowest BCUT2D eigenvalue weighted by Gasteiger charge is -2.37. The van der Waals surface area contributed by atoms with Crippen LogP contribution in [0.1, 0.15) is 19.8 Å². The van der Waals surface area contributed by atoms with E-state index in [1.807, 2.05) is 31.2 Å². The number of carbonyl (C=O) groups is 1. The van der Waals surface area contributed by atoms with Gasteiger partial charge in [-0.3, -0.25) is 13.9 Å². The van der Waals surface area contributed by atoms with Crippen LogP contribution in [0.2, 0.25) is 0 Å². The standard InChI is InChI=1S/C18H23N3O4/c1-2-20-14-5-3-4-6-15(14)21(17(20)23)13-16(22)19-9-7-18(8-10-19)24-11-12-25-18/h3-6H,2,7-13H2,1H3. The van der Waals surface area contributed by atoms with E-state index in [1.54, 1.807) is 14.0 Å². The van der Waals surface area contributed by atoms with Crippen LogP contribution in [0.15, 0.2) is 29.1 Å². The van der Waals surface area contributed by atoms with E-state index in [2.05, 4.69) is 0 Å². The molecule has 0 unspecified atom stereocenters. The predicted molar refractivity (Wildman–Crippen MR) is 92.3 cm³/mol. The lowest BCUT2D eigenvalue weighted by molar-refractivity contribution is -0.187. The van der Waals surface area contributed by atoms with E-state index in [4.69, 9.17) is 9.47 Å². The summed E-state index contributed by atoms with van der Waals surface area (Å²) >= 11 is 0. The molecule has 2 aliphatic heterocycles. The highest BCUT2D eigenvalue weighted by molar-refractivity contribution is 5.81. The number of rotatable bonds is 3. The minimum atomic E-state index is -0.494. The van der Waals surface area contributed by atoms with E-state index in [1.165, 1.54) is 0 Å². The summed E-state index contributed by atoms with van der Waals surface area (Å²) in [5.41, 5.74) is 1.54. The van der Waals surface area contributed by atoms with Gasteiger partial charge in [-0.25, -0.2) is 4.79 Å². The first-order valence-corrected chi connectivity index (χ1v) is 8.87. The van der Waals surface area contributed by atoms with Gasteiger partial charge in [0.05, 0.1) is 24.2 Å². The molecule has 0 N–H and O–H groups in total. The highest BCUT2D eigenvalue weighted by Gasteiger charge is 2.40. The monoisotopic (exact) mass is 345 g/mol. The van der Waals surface area contributed by atoms with Crippen molar-refractivity contribution >= 4 is 16.9 Å². The zero-order chi connectivity index (χ0) is 17.4. The second-order valence-electron chi connectivity index (χ2n) is 6.59. The molecule has 4 rings (SSSR count). The van der Waals surface area contributed by atoms with Gasteiger partial charge in [0.1, 0.15) is 6.54 Å². The molecular formula is C18H23N3O4. The maximum absolute atomic E-state index is 12.7. The Kier molecular flexibility index (Phi) is 4.13. The van der Waals surface area contributed by atoms with Crippen molar-refractivity contribution in [3.8, 4) is 0 Å². The summed E-state index contributed by atoms with van der Waals surface area (Å²) in [6.07, 6.45) is 1.37. The average molecular weight is 345 g/mol. The van der Waals surface area contributed by atoms with Gasteiger partial charge in [0.25, 0.3) is 0 Å². The normalized spacial score (nSPS) is 19.8. The fourth-order valence-electron chi connectivity index (χ4n) is 3.85. The van der Waals surface area contributed by atoms with Crippen molar-refractivity contribution in [1.82, 2.24) is 14.0 Å². The molecule has 3 heterocycles. The highest BCUT2D eigenvalue weighted by atomic mass is 16.7. The number of aromatic nitrogens is 2. The largest absolute Gasteiger partial charge is 0.347 e. The molecule has 0 atom stereocenters. The second kappa shape index (κ2) is 6.31. The summed E-state index contributed by atoms with van der Waals surface area (Å²) in [5.74, 6) is -0.528. The molecule has 2 fully saturated rings. The molecule has 1 amide bonds. The van der Waals surface area contributed by atoms with Crippen LogP contribution in [-0.4, -0.2) is 52.0 Å². The number of likely N-dealkylation sites (tertiary alicyclic amines) is 1. The molecular weight excluding hydrogens is 322 g/mol. The van der Waals surface area contributed by atoms with Crippen molar-refractivity contribution in [2.24, 2.45) is 0 Å². The van der Waals surface area contributed by atoms with Gasteiger partial charge in [0.15, 0.2) is 5.79 Å². The van der Waals surface area contributed by atoms with Gasteiger partial charge < -0.3 is 14.4 Å². The maximum Gasteiger partial charge on any atom is 0.329 e. The Bertz CT molecular complexity index is 838. The number of aryl methyl sites for hydroxylation is 1. The molecule has 25 heavy (non-hydrogen) atoms. The van der Waals surface area contributed by atoms with Crippen molar-refractivity contribution in [1.29, 1.82) is 0 Å². The molecule has 134 valence electrons. The van der Waals surface area contributed by atoms with Crippen molar-refractivity contribution in [2.75, 3.05) is 26.3 Å². The molecule has 0 bridgehead atoms. The fraction of sp³-hybridized carbons (Fsp3) is 0.556. The maximum atomic E-state index is 12.7. The summed E-state index contributed by atoms with van der Waals surface area (Å²) < 4.78 is 14.7. The molecule has 0 saturated carbocycles. The van der Waals surface area contributed by atoms with Gasteiger partial charge in [-0.2, -0.15) is 0 Å². The number of hydrogen-bond acceptors (Lipinski definition) is 4. The van der Waals surface area contributed by atoms with Crippen molar-refractivity contribution in [2.45, 2.75) is 38.6 Å². The molecule has 7 nitrogen and oxygen atoms in total. The number of piperidine rings is 1. The fourth-order valence-corrected chi connectivity index (χ4v) is 3.85. The number of fused-ring (bicyclic) bond motifs is 1. The Labute approximate surface area is 145 Å². The molecule has 1 aromatic heterocycles. The third-order valence-electron chi connectivity index (χ3n) is 5.23. The van der Waals surface area contributed by atoms with Gasteiger partial charge in [-0.15, -0.1) is 0 Å². The van der Waals surface area contributed by atoms with Crippen LogP contribution in [-0.2, 0) is 27.4 Å². The first kappa shape index (κ1) is 16.4. The molecule has 2 aromatic rings. The number of para-hydroxylation sites is 2. The van der Waals surface area contributed by atoms with Crippen LogP contribution in [0.5, 0.6) is 0 Å². The zero-order valence-corrected chi connectivity index (χ0v) is 14.4. The van der Waals surface area contributed by atoms with Crippen LogP contribution in [0.25, 0.3) is 11.0 Å². The van der Waals surface area contributed by atoms with Crippen LogP contribution in [0, 0.1) is 0 Å². The Hall–Kier alpha value is -2.12. The van der Waals surface area contributed by atoms with Crippen molar-refractivity contribution < 1.29 is 14.3 Å². The number of hydrogen-bond donors (Lipinski definition) is 0. The molecule has 0 aliphatic carbocycles. The van der Waals surface area contributed by atoms with E-state index < -0.39 is 5.79 Å².